The molecule has 0 aromatic heterocycles. The molecule has 1 saturated heterocycles. The van der Waals surface area contributed by atoms with Gasteiger partial charge in [0.25, 0.3) is 0 Å². The van der Waals surface area contributed by atoms with E-state index in [4.69, 9.17) is 5.11 Å². The monoisotopic (exact) mass is 298 g/mol. The Bertz CT molecular complexity index is 338. The van der Waals surface area contributed by atoms with Crippen molar-refractivity contribution < 1.29 is 14.7 Å². The van der Waals surface area contributed by atoms with Crippen LogP contribution in [-0.2, 0) is 4.79 Å². The summed E-state index contributed by atoms with van der Waals surface area (Å²) >= 11 is 0. The number of carboxylic acid groups (broad SMARTS) is 1. The van der Waals surface area contributed by atoms with Gasteiger partial charge in [-0.1, -0.05) is 26.7 Å². The predicted molar refractivity (Wildman–Crippen MR) is 83.2 cm³/mol. The largest absolute Gasteiger partial charge is 0.481 e. The number of carboxylic acids is 1. The molecule has 2 amide bonds. The average molecular weight is 298 g/mol. The van der Waals surface area contributed by atoms with Gasteiger partial charge in [0.2, 0.25) is 0 Å². The topological polar surface area (TPSA) is 69.6 Å². The highest BCUT2D eigenvalue weighted by Gasteiger charge is 2.22. The molecular weight excluding hydrogens is 268 g/mol. The minimum atomic E-state index is -0.745. The van der Waals surface area contributed by atoms with Crippen LogP contribution in [-0.4, -0.2) is 41.1 Å². The molecule has 0 radical (unpaired) electrons. The van der Waals surface area contributed by atoms with Gasteiger partial charge in [0.05, 0.1) is 5.92 Å². The van der Waals surface area contributed by atoms with Crippen LogP contribution in [0, 0.1) is 11.8 Å². The van der Waals surface area contributed by atoms with Crippen molar-refractivity contribution in [3.05, 3.63) is 0 Å². The van der Waals surface area contributed by atoms with Crippen LogP contribution in [0.25, 0.3) is 0 Å². The van der Waals surface area contributed by atoms with Gasteiger partial charge in [0.1, 0.15) is 0 Å². The number of nitrogens with zero attached hydrogens (tertiary/aromatic N) is 1. The predicted octanol–water partition coefficient (Wildman–Crippen LogP) is 3.10. The number of nitrogens with one attached hydrogen (secondary N) is 1. The maximum atomic E-state index is 12.1. The molecule has 1 aliphatic heterocycles. The molecule has 2 unspecified atom stereocenters. The van der Waals surface area contributed by atoms with Gasteiger partial charge in [-0.2, -0.15) is 0 Å². The zero-order valence-corrected chi connectivity index (χ0v) is 13.6. The van der Waals surface area contributed by atoms with Crippen LogP contribution in [0.4, 0.5) is 4.79 Å². The van der Waals surface area contributed by atoms with Crippen molar-refractivity contribution in [1.82, 2.24) is 10.2 Å². The van der Waals surface area contributed by atoms with Crippen LogP contribution in [0.1, 0.15) is 59.3 Å². The molecule has 2 atom stereocenters. The number of urea groups is 1. The minimum Gasteiger partial charge on any atom is -0.481 e. The van der Waals surface area contributed by atoms with E-state index in [9.17, 15) is 9.59 Å². The van der Waals surface area contributed by atoms with Crippen molar-refractivity contribution in [1.29, 1.82) is 0 Å². The van der Waals surface area contributed by atoms with Crippen LogP contribution in [0.15, 0.2) is 0 Å². The first kappa shape index (κ1) is 17.8. The van der Waals surface area contributed by atoms with Crippen molar-refractivity contribution in [2.75, 3.05) is 13.1 Å². The van der Waals surface area contributed by atoms with Gasteiger partial charge in [-0.3, -0.25) is 4.79 Å². The van der Waals surface area contributed by atoms with Crippen LogP contribution < -0.4 is 5.32 Å². The number of carbonyl (C=O) groups is 2. The van der Waals surface area contributed by atoms with E-state index in [2.05, 4.69) is 12.2 Å². The van der Waals surface area contributed by atoms with E-state index < -0.39 is 5.97 Å². The average Bonchev–Trinajstić information content (AvgIpc) is 2.46. The highest BCUT2D eigenvalue weighted by molar-refractivity contribution is 5.74. The molecule has 1 aliphatic rings. The summed E-state index contributed by atoms with van der Waals surface area (Å²) in [6, 6.07) is 0.130. The normalized spacial score (nSPS) is 19.1. The van der Waals surface area contributed by atoms with Gasteiger partial charge >= 0.3 is 12.0 Å². The zero-order valence-electron chi connectivity index (χ0n) is 13.6. The molecule has 1 rings (SSSR count). The van der Waals surface area contributed by atoms with E-state index in [0.717, 1.165) is 44.7 Å². The van der Waals surface area contributed by atoms with Crippen molar-refractivity contribution in [3.8, 4) is 0 Å². The molecule has 5 nitrogen and oxygen atoms in total. The van der Waals surface area contributed by atoms with E-state index in [1.807, 2.05) is 11.8 Å². The molecule has 5 heteroatoms. The molecule has 1 fully saturated rings. The smallest absolute Gasteiger partial charge is 0.317 e. The Balaban J connectivity index is 2.20. The Kier molecular flexibility index (Phi) is 7.54. The molecule has 0 bridgehead atoms. The van der Waals surface area contributed by atoms with Gasteiger partial charge in [-0.25, -0.2) is 4.79 Å². The fourth-order valence-electron chi connectivity index (χ4n) is 2.77. The molecule has 0 spiro atoms. The fraction of sp³-hybridized carbons (Fsp3) is 0.875. The van der Waals surface area contributed by atoms with Crippen molar-refractivity contribution >= 4 is 12.0 Å². The third-order valence-electron chi connectivity index (χ3n) is 4.54. The first-order valence-corrected chi connectivity index (χ1v) is 8.22. The first-order chi connectivity index (χ1) is 9.93. The molecule has 1 heterocycles. The van der Waals surface area contributed by atoms with Crippen LogP contribution in [0.5, 0.6) is 0 Å². The number of rotatable bonds is 7. The van der Waals surface area contributed by atoms with Crippen LogP contribution in [0.3, 0.4) is 0 Å². The maximum absolute atomic E-state index is 12.1. The lowest BCUT2D eigenvalue weighted by atomic mass is 9.95. The Morgan fingerprint density at radius 2 is 1.86 bits per heavy atom. The Morgan fingerprint density at radius 1 is 1.24 bits per heavy atom. The second-order valence-electron chi connectivity index (χ2n) is 6.36. The Hall–Kier alpha value is -1.26. The molecule has 122 valence electrons. The highest BCUT2D eigenvalue weighted by Crippen LogP contribution is 2.20. The maximum Gasteiger partial charge on any atom is 0.317 e. The van der Waals surface area contributed by atoms with Crippen LogP contribution in [0.2, 0.25) is 0 Å². The molecule has 2 N–H and O–H groups in total. The SMILES string of the molecule is CCC1CCN(C(=O)NC(C)CCCC(C)C(=O)O)CC1. The minimum absolute atomic E-state index is 0.0309. The van der Waals surface area contributed by atoms with Crippen molar-refractivity contribution in [2.24, 2.45) is 11.8 Å². The number of piperidine rings is 1. The summed E-state index contributed by atoms with van der Waals surface area (Å²) in [7, 11) is 0. The summed E-state index contributed by atoms with van der Waals surface area (Å²) in [4.78, 5) is 24.8. The van der Waals surface area contributed by atoms with Gasteiger partial charge < -0.3 is 15.3 Å². The zero-order chi connectivity index (χ0) is 15.8. The summed E-state index contributed by atoms with van der Waals surface area (Å²) in [5.41, 5.74) is 0. The van der Waals surface area contributed by atoms with E-state index in [-0.39, 0.29) is 18.0 Å². The van der Waals surface area contributed by atoms with Gasteiger partial charge in [0.15, 0.2) is 0 Å². The third kappa shape index (κ3) is 6.36. The number of amides is 2. The molecule has 21 heavy (non-hydrogen) atoms. The quantitative estimate of drug-likeness (QED) is 0.759. The molecule has 0 aliphatic carbocycles. The van der Waals surface area contributed by atoms with Crippen LogP contribution >= 0.6 is 0 Å². The third-order valence-corrected chi connectivity index (χ3v) is 4.54. The second kappa shape index (κ2) is 8.90. The lowest BCUT2D eigenvalue weighted by molar-refractivity contribution is -0.141. The summed E-state index contributed by atoms with van der Waals surface area (Å²) < 4.78 is 0. The number of hydrogen-bond acceptors (Lipinski definition) is 2. The van der Waals surface area contributed by atoms with E-state index in [1.54, 1.807) is 6.92 Å². The summed E-state index contributed by atoms with van der Waals surface area (Å²) in [6.07, 6.45) is 5.73. The highest BCUT2D eigenvalue weighted by atomic mass is 16.4. The number of hydrogen-bond donors (Lipinski definition) is 2. The van der Waals surface area contributed by atoms with Gasteiger partial charge in [-0.15, -0.1) is 0 Å². The van der Waals surface area contributed by atoms with E-state index in [1.165, 1.54) is 6.42 Å². The summed E-state index contributed by atoms with van der Waals surface area (Å²) in [6.45, 7) is 7.63. The Labute approximate surface area is 128 Å². The van der Waals surface area contributed by atoms with Gasteiger partial charge in [0, 0.05) is 19.1 Å². The Morgan fingerprint density at radius 3 is 2.38 bits per heavy atom. The second-order valence-corrected chi connectivity index (χ2v) is 6.36. The first-order valence-electron chi connectivity index (χ1n) is 8.22. The summed E-state index contributed by atoms with van der Waals surface area (Å²) in [5, 5.41) is 11.9. The molecule has 0 saturated carbocycles. The van der Waals surface area contributed by atoms with Crippen molar-refractivity contribution in [2.45, 2.75) is 65.3 Å². The van der Waals surface area contributed by atoms with E-state index in [0.29, 0.717) is 6.42 Å². The number of carbonyl (C=O) groups excluding carboxylic acids is 1. The van der Waals surface area contributed by atoms with E-state index >= 15 is 0 Å². The van der Waals surface area contributed by atoms with Gasteiger partial charge in [-0.05, 0) is 38.5 Å². The molecular formula is C16H30N2O3. The fourth-order valence-corrected chi connectivity index (χ4v) is 2.77. The van der Waals surface area contributed by atoms with Crippen molar-refractivity contribution in [3.63, 3.8) is 0 Å². The summed E-state index contributed by atoms with van der Waals surface area (Å²) in [5.74, 6) is -0.282. The number of aliphatic carboxylic acids is 1. The standard InChI is InChI=1S/C16H30N2O3/c1-4-14-8-10-18(11-9-14)16(21)17-13(3)7-5-6-12(2)15(19)20/h12-14H,4-11H2,1-3H3,(H,17,21)(H,19,20). The molecule has 0 aromatic rings. The lowest BCUT2D eigenvalue weighted by Crippen LogP contribution is -2.47. The number of likely N-dealkylation sites (tertiary alicyclic amines) is 1. The molecule has 0 aromatic carbocycles. The lowest BCUT2D eigenvalue weighted by Gasteiger charge is -2.32.